The van der Waals surface area contributed by atoms with Crippen LogP contribution in [0.4, 0.5) is 0 Å². The van der Waals surface area contributed by atoms with Gasteiger partial charge in [-0.3, -0.25) is 4.79 Å². The molecule has 2 saturated heterocycles. The van der Waals surface area contributed by atoms with Gasteiger partial charge in [-0.2, -0.15) is 0 Å². The highest BCUT2D eigenvalue weighted by molar-refractivity contribution is 5.79. The molecule has 9 heteroatoms. The number of ether oxygens (including phenoxy) is 2. The first-order valence-corrected chi connectivity index (χ1v) is 13.3. The second-order valence-electron chi connectivity index (χ2n) is 11.8. The largest absolute Gasteiger partial charge is 0.392 e. The molecule has 2 rings (SSSR count). The van der Waals surface area contributed by atoms with Crippen LogP contribution in [0, 0.1) is 17.8 Å². The molecule has 0 bridgehead atoms. The van der Waals surface area contributed by atoms with Crippen LogP contribution in [0.1, 0.15) is 53.9 Å². The molecule has 0 spiro atoms. The number of rotatable bonds is 4. The highest BCUT2D eigenvalue weighted by Gasteiger charge is 2.47. The van der Waals surface area contributed by atoms with E-state index in [1.54, 1.807) is 26.8 Å². The SMILES string of the molecule is C=CC1CCN(C)C[C@H](C)C[C@@](C)(O)[C@H](O[C@@H]2O[C@H](C)C[C@H](N(C)C)[C@H]2O)[C@@H](C)[C@H](O)[C@@H](C)C(=O)N1. The number of carbonyl (C=O) groups is 1. The molecule has 9 nitrogen and oxygen atoms in total. The van der Waals surface area contributed by atoms with Crippen LogP contribution in [-0.2, 0) is 14.3 Å². The van der Waals surface area contributed by atoms with Gasteiger partial charge in [-0.25, -0.2) is 0 Å². The number of amides is 1. The monoisotopic (exact) mass is 513 g/mol. The van der Waals surface area contributed by atoms with E-state index >= 15 is 0 Å². The Bertz CT molecular complexity index is 720. The normalized spacial score (nSPS) is 44.6. The molecule has 0 radical (unpaired) electrons. The fourth-order valence-electron chi connectivity index (χ4n) is 5.86. The quantitative estimate of drug-likeness (QED) is 0.415. The van der Waals surface area contributed by atoms with Gasteiger partial charge in [0.25, 0.3) is 0 Å². The highest BCUT2D eigenvalue weighted by atomic mass is 16.7. The number of hydrogen-bond acceptors (Lipinski definition) is 8. The molecule has 1 amide bonds. The number of nitrogens with one attached hydrogen (secondary N) is 1. The molecular weight excluding hydrogens is 462 g/mol. The van der Waals surface area contributed by atoms with E-state index in [9.17, 15) is 20.1 Å². The van der Waals surface area contributed by atoms with Crippen molar-refractivity contribution in [1.82, 2.24) is 15.1 Å². The van der Waals surface area contributed by atoms with Gasteiger partial charge in [0, 0.05) is 31.1 Å². The summed E-state index contributed by atoms with van der Waals surface area (Å²) in [7, 11) is 5.83. The van der Waals surface area contributed by atoms with Crippen molar-refractivity contribution in [3.05, 3.63) is 12.7 Å². The molecule has 0 aliphatic carbocycles. The van der Waals surface area contributed by atoms with Crippen LogP contribution in [0.3, 0.4) is 0 Å². The summed E-state index contributed by atoms with van der Waals surface area (Å²) >= 11 is 0. The summed E-state index contributed by atoms with van der Waals surface area (Å²) < 4.78 is 12.4. The maximum absolute atomic E-state index is 13.0. The Morgan fingerprint density at radius 2 is 1.86 bits per heavy atom. The number of carbonyl (C=O) groups excluding carboxylic acids is 1. The van der Waals surface area contributed by atoms with Crippen LogP contribution in [0.2, 0.25) is 0 Å². The second-order valence-corrected chi connectivity index (χ2v) is 11.8. The molecule has 2 aliphatic heterocycles. The van der Waals surface area contributed by atoms with Crippen LogP contribution in [0.25, 0.3) is 0 Å². The van der Waals surface area contributed by atoms with Crippen LogP contribution in [-0.4, -0.2) is 114 Å². The van der Waals surface area contributed by atoms with Crippen LogP contribution < -0.4 is 5.32 Å². The molecule has 210 valence electrons. The van der Waals surface area contributed by atoms with Crippen molar-refractivity contribution in [2.75, 3.05) is 34.2 Å². The topological polar surface area (TPSA) is 115 Å². The van der Waals surface area contributed by atoms with Crippen molar-refractivity contribution in [3.63, 3.8) is 0 Å². The zero-order valence-electron chi connectivity index (χ0n) is 23.6. The smallest absolute Gasteiger partial charge is 0.225 e. The van der Waals surface area contributed by atoms with E-state index in [2.05, 4.69) is 23.7 Å². The fourth-order valence-corrected chi connectivity index (χ4v) is 5.86. The predicted octanol–water partition coefficient (Wildman–Crippen LogP) is 1.21. The van der Waals surface area contributed by atoms with Crippen molar-refractivity contribution in [2.24, 2.45) is 17.8 Å². The van der Waals surface area contributed by atoms with E-state index in [1.807, 2.05) is 33.0 Å². The summed E-state index contributed by atoms with van der Waals surface area (Å²) in [5.74, 6) is -1.51. The van der Waals surface area contributed by atoms with Gasteiger partial charge in [0.1, 0.15) is 6.10 Å². The lowest BCUT2D eigenvalue weighted by Gasteiger charge is -2.46. The Balaban J connectivity index is 2.40. The first-order valence-electron chi connectivity index (χ1n) is 13.3. The third kappa shape index (κ3) is 7.96. The summed E-state index contributed by atoms with van der Waals surface area (Å²) in [6.07, 6.45) is -0.524. The minimum Gasteiger partial charge on any atom is -0.392 e. The molecule has 0 saturated carbocycles. The van der Waals surface area contributed by atoms with Crippen LogP contribution in [0.15, 0.2) is 12.7 Å². The van der Waals surface area contributed by atoms with Gasteiger partial charge in [-0.15, -0.1) is 6.58 Å². The average Bonchev–Trinajstić information content (AvgIpc) is 2.78. The van der Waals surface area contributed by atoms with Gasteiger partial charge in [-0.05, 0) is 60.2 Å². The molecular formula is C27H51N3O6. The second kappa shape index (κ2) is 13.1. The highest BCUT2D eigenvalue weighted by Crippen LogP contribution is 2.35. The van der Waals surface area contributed by atoms with Gasteiger partial charge in [0.2, 0.25) is 5.91 Å². The van der Waals surface area contributed by atoms with Gasteiger partial charge in [0.15, 0.2) is 6.29 Å². The fraction of sp³-hybridized carbons (Fsp3) is 0.889. The number of likely N-dealkylation sites (N-methyl/N-ethyl adjacent to an activating group) is 1. The third-order valence-electron chi connectivity index (χ3n) is 7.93. The van der Waals surface area contributed by atoms with Crippen molar-refractivity contribution in [3.8, 4) is 0 Å². The van der Waals surface area contributed by atoms with Gasteiger partial charge in [-0.1, -0.05) is 26.8 Å². The zero-order valence-corrected chi connectivity index (χ0v) is 23.6. The Labute approximate surface area is 217 Å². The third-order valence-corrected chi connectivity index (χ3v) is 7.93. The van der Waals surface area contributed by atoms with E-state index in [4.69, 9.17) is 9.47 Å². The molecule has 0 aromatic heterocycles. The summed E-state index contributed by atoms with van der Waals surface area (Å²) in [6, 6.07) is -0.371. The molecule has 4 N–H and O–H groups in total. The predicted molar refractivity (Wildman–Crippen MR) is 140 cm³/mol. The molecule has 0 aromatic carbocycles. The first kappa shape index (κ1) is 31.1. The number of aliphatic hydroxyl groups excluding tert-OH is 2. The van der Waals surface area contributed by atoms with E-state index in [-0.39, 0.29) is 30.0 Å². The number of aliphatic hydroxyl groups is 3. The van der Waals surface area contributed by atoms with Crippen molar-refractivity contribution in [2.45, 2.75) is 102 Å². The van der Waals surface area contributed by atoms with Crippen molar-refractivity contribution in [1.29, 1.82) is 0 Å². The number of hydrogen-bond donors (Lipinski definition) is 4. The lowest BCUT2D eigenvalue weighted by molar-refractivity contribution is -0.299. The Hall–Kier alpha value is -1.07. The van der Waals surface area contributed by atoms with Crippen LogP contribution >= 0.6 is 0 Å². The van der Waals surface area contributed by atoms with Gasteiger partial charge >= 0.3 is 0 Å². The van der Waals surface area contributed by atoms with Gasteiger partial charge < -0.3 is 39.9 Å². The standard InChI is InChI=1S/C27H51N3O6/c1-10-20-11-12-30(9)15-16(2)14-27(6,34)24(18(4)22(31)19(5)25(33)28-20)36-26-23(32)21(29(7)8)13-17(3)35-26/h10,16-24,26,31-32,34H,1,11-15H2,2-9H3,(H,28,33)/t16-,17-,18+,19-,20?,21+,22+,23-,24-,26+,27-/m1/s1. The summed E-state index contributed by atoms with van der Waals surface area (Å²) in [4.78, 5) is 17.1. The maximum atomic E-state index is 13.0. The summed E-state index contributed by atoms with van der Waals surface area (Å²) in [6.45, 7) is 14.5. The Kier molecular flexibility index (Phi) is 11.4. The molecule has 1 unspecified atom stereocenters. The summed E-state index contributed by atoms with van der Waals surface area (Å²) in [5.41, 5.74) is -1.35. The van der Waals surface area contributed by atoms with E-state index in [0.29, 0.717) is 19.3 Å². The molecule has 0 aromatic rings. The van der Waals surface area contributed by atoms with Crippen molar-refractivity contribution < 1.29 is 29.6 Å². The van der Waals surface area contributed by atoms with Gasteiger partial charge in [0.05, 0.1) is 29.8 Å². The molecule has 36 heavy (non-hydrogen) atoms. The molecule has 2 aliphatic rings. The van der Waals surface area contributed by atoms with Crippen molar-refractivity contribution >= 4 is 5.91 Å². The molecule has 2 heterocycles. The lowest BCUT2D eigenvalue weighted by atomic mass is 9.77. The minimum absolute atomic E-state index is 0.128. The van der Waals surface area contributed by atoms with E-state index in [0.717, 1.165) is 13.1 Å². The lowest BCUT2D eigenvalue weighted by Crippen LogP contribution is -2.59. The van der Waals surface area contributed by atoms with E-state index in [1.165, 1.54) is 0 Å². The molecule has 11 atom stereocenters. The molecule has 2 fully saturated rings. The maximum Gasteiger partial charge on any atom is 0.225 e. The van der Waals surface area contributed by atoms with E-state index < -0.39 is 42.0 Å². The van der Waals surface area contributed by atoms with Crippen LogP contribution in [0.5, 0.6) is 0 Å². The minimum atomic E-state index is -1.35. The Morgan fingerprint density at radius 3 is 2.44 bits per heavy atom. The average molecular weight is 514 g/mol. The Morgan fingerprint density at radius 1 is 1.22 bits per heavy atom. The zero-order chi connectivity index (χ0) is 27.4. The first-order chi connectivity index (χ1) is 16.7. The number of nitrogens with zero attached hydrogens (tertiary/aromatic N) is 2. The summed E-state index contributed by atoms with van der Waals surface area (Å²) in [5, 5.41) is 37.1.